The van der Waals surface area contributed by atoms with Crippen molar-refractivity contribution in [3.8, 4) is 0 Å². The molecule has 9 heteroatoms. The third-order valence-corrected chi connectivity index (χ3v) is 19.0. The molecule has 2 N–H and O–H groups in total. The van der Waals surface area contributed by atoms with Crippen LogP contribution in [0, 0.1) is 28.6 Å². The number of hydrogen-bond acceptors (Lipinski definition) is 7. The second kappa shape index (κ2) is 14.3. The van der Waals surface area contributed by atoms with E-state index in [1.165, 1.54) is 47.5 Å². The van der Waals surface area contributed by atoms with E-state index in [1.54, 1.807) is 10.4 Å². The predicted octanol–water partition coefficient (Wildman–Crippen LogP) is 10.1. The zero-order valence-electron chi connectivity index (χ0n) is 32.2. The fourth-order valence-electron chi connectivity index (χ4n) is 12.3. The van der Waals surface area contributed by atoms with E-state index in [-0.39, 0.29) is 23.7 Å². The number of aliphatic hydroxyl groups excluding tert-OH is 1. The smallest absolute Gasteiger partial charge is 0.252 e. The SMILES string of the molecule is CC1=CCCC2(C)C(CCC2(O)CN(CC23CC4CC(CC(C4)C2)C3)S(=O)(=O)c2cccs2)c2ccc(cc2C(=O)c2cc3ccccc3s2)CC(O)CC1. The highest BCUT2D eigenvalue weighted by molar-refractivity contribution is 7.91. The second-order valence-electron chi connectivity index (χ2n) is 18.5. The fourth-order valence-corrected chi connectivity index (χ4v) is 16.1. The Morgan fingerprint density at radius 3 is 2.38 bits per heavy atom. The third-order valence-electron chi connectivity index (χ3n) is 14.8. The van der Waals surface area contributed by atoms with Gasteiger partial charge in [-0.15, -0.1) is 22.7 Å². The van der Waals surface area contributed by atoms with Crippen molar-refractivity contribution in [2.75, 3.05) is 13.1 Å². The van der Waals surface area contributed by atoms with Crippen LogP contribution in [0.15, 0.2) is 81.9 Å². The Bertz CT molecular complexity index is 2150. The summed E-state index contributed by atoms with van der Waals surface area (Å²) in [5.74, 6) is 1.85. The molecule has 0 saturated heterocycles. The molecule has 6 bridgehead atoms. The number of sulfonamides is 1. The topological polar surface area (TPSA) is 94.9 Å². The number of hydrogen-bond donors (Lipinski definition) is 2. The number of benzene rings is 2. The number of fused-ring (bicyclic) bond motifs is 9. The lowest BCUT2D eigenvalue weighted by molar-refractivity contribution is -0.0920. The Morgan fingerprint density at radius 1 is 0.927 bits per heavy atom. The van der Waals surface area contributed by atoms with Gasteiger partial charge >= 0.3 is 0 Å². The molecule has 2 aromatic heterocycles. The van der Waals surface area contributed by atoms with Crippen LogP contribution in [-0.2, 0) is 16.4 Å². The number of ketones is 1. The van der Waals surface area contributed by atoms with E-state index in [9.17, 15) is 23.4 Å². The highest BCUT2D eigenvalue weighted by atomic mass is 32.2. The van der Waals surface area contributed by atoms with E-state index >= 15 is 0 Å². The van der Waals surface area contributed by atoms with Crippen molar-refractivity contribution in [2.45, 2.75) is 119 Å². The van der Waals surface area contributed by atoms with Crippen LogP contribution in [0.4, 0.5) is 0 Å². The van der Waals surface area contributed by atoms with E-state index in [2.05, 4.69) is 32.1 Å². The summed E-state index contributed by atoms with van der Waals surface area (Å²) in [7, 11) is -3.87. The molecular formula is C46H55NO5S3. The van der Waals surface area contributed by atoms with Crippen LogP contribution < -0.4 is 0 Å². The molecule has 2 heterocycles. The second-order valence-corrected chi connectivity index (χ2v) is 22.7. The lowest BCUT2D eigenvalue weighted by Gasteiger charge is -2.58. The molecule has 4 aromatic rings. The van der Waals surface area contributed by atoms with Gasteiger partial charge in [-0.2, -0.15) is 4.31 Å². The number of allylic oxidation sites excluding steroid dienone is 2. The van der Waals surface area contributed by atoms with Crippen LogP contribution >= 0.6 is 22.7 Å². The average molecular weight is 798 g/mol. The molecule has 292 valence electrons. The summed E-state index contributed by atoms with van der Waals surface area (Å²) in [4.78, 5) is 15.4. The minimum atomic E-state index is -3.87. The van der Waals surface area contributed by atoms with E-state index in [1.807, 2.05) is 47.8 Å². The fraction of sp³-hybridized carbons (Fsp3) is 0.543. The predicted molar refractivity (Wildman–Crippen MR) is 222 cm³/mol. The molecule has 0 amide bonds. The minimum Gasteiger partial charge on any atom is -0.393 e. The van der Waals surface area contributed by atoms with Crippen LogP contribution in [0.5, 0.6) is 0 Å². The highest BCUT2D eigenvalue weighted by Gasteiger charge is 2.59. The maximum Gasteiger partial charge on any atom is 0.252 e. The molecule has 55 heavy (non-hydrogen) atoms. The lowest BCUT2D eigenvalue weighted by Crippen LogP contribution is -2.57. The molecule has 5 saturated carbocycles. The van der Waals surface area contributed by atoms with E-state index < -0.39 is 27.1 Å². The van der Waals surface area contributed by atoms with Crippen molar-refractivity contribution in [3.63, 3.8) is 0 Å². The van der Waals surface area contributed by atoms with Gasteiger partial charge in [0.1, 0.15) is 4.21 Å². The van der Waals surface area contributed by atoms with Gasteiger partial charge in [-0.1, -0.05) is 55.0 Å². The quantitative estimate of drug-likeness (QED) is 0.137. The van der Waals surface area contributed by atoms with Crippen LogP contribution in [0.1, 0.15) is 123 Å². The number of carbonyl (C=O) groups excluding carboxylic acids is 1. The molecule has 7 aliphatic carbocycles. The van der Waals surface area contributed by atoms with Crippen LogP contribution in [0.25, 0.3) is 10.1 Å². The number of thiophene rings is 2. The summed E-state index contributed by atoms with van der Waals surface area (Å²) in [6.07, 6.45) is 13.2. The Kier molecular flexibility index (Phi) is 9.86. The molecule has 7 aliphatic rings. The first-order valence-corrected chi connectivity index (χ1v) is 23.7. The zero-order valence-corrected chi connectivity index (χ0v) is 34.7. The normalized spacial score (nSPS) is 33.5. The molecule has 4 unspecified atom stereocenters. The summed E-state index contributed by atoms with van der Waals surface area (Å²) in [6.45, 7) is 4.81. The average Bonchev–Trinajstić information content (AvgIpc) is 3.89. The van der Waals surface area contributed by atoms with Crippen LogP contribution in [0.3, 0.4) is 0 Å². The summed E-state index contributed by atoms with van der Waals surface area (Å²) in [6, 6.07) is 19.7. The van der Waals surface area contributed by atoms with Gasteiger partial charge in [0.15, 0.2) is 0 Å². The molecule has 6 nitrogen and oxygen atoms in total. The summed E-state index contributed by atoms with van der Waals surface area (Å²) in [5.41, 5.74) is 1.61. The number of nitrogens with zero attached hydrogens (tertiary/aromatic N) is 1. The highest BCUT2D eigenvalue weighted by Crippen LogP contribution is 2.62. The first kappa shape index (κ1) is 37.9. The molecular weight excluding hydrogens is 743 g/mol. The van der Waals surface area contributed by atoms with Crippen LogP contribution in [0.2, 0.25) is 0 Å². The van der Waals surface area contributed by atoms with Gasteiger partial charge in [-0.05, 0) is 166 Å². The summed E-state index contributed by atoms with van der Waals surface area (Å²) >= 11 is 2.77. The van der Waals surface area contributed by atoms with Crippen molar-refractivity contribution < 1.29 is 23.4 Å². The molecule has 11 rings (SSSR count). The van der Waals surface area contributed by atoms with Crippen molar-refractivity contribution >= 4 is 48.6 Å². The van der Waals surface area contributed by atoms with E-state index in [0.29, 0.717) is 71.1 Å². The van der Waals surface area contributed by atoms with Crippen molar-refractivity contribution in [3.05, 3.63) is 99.3 Å². The monoisotopic (exact) mass is 797 g/mol. The molecule has 0 spiro atoms. The minimum absolute atomic E-state index is 0.0307. The van der Waals surface area contributed by atoms with Crippen molar-refractivity contribution in [2.24, 2.45) is 28.6 Å². The van der Waals surface area contributed by atoms with Gasteiger partial charge in [0.25, 0.3) is 10.0 Å². The molecule has 0 radical (unpaired) electrons. The van der Waals surface area contributed by atoms with Crippen LogP contribution in [-0.4, -0.2) is 53.5 Å². The first-order valence-electron chi connectivity index (χ1n) is 20.6. The largest absolute Gasteiger partial charge is 0.393 e. The van der Waals surface area contributed by atoms with Crippen molar-refractivity contribution in [1.82, 2.24) is 4.31 Å². The van der Waals surface area contributed by atoms with Gasteiger partial charge in [0.2, 0.25) is 5.78 Å². The Morgan fingerprint density at radius 2 is 1.67 bits per heavy atom. The van der Waals surface area contributed by atoms with E-state index in [4.69, 9.17) is 0 Å². The summed E-state index contributed by atoms with van der Waals surface area (Å²) < 4.78 is 32.7. The number of rotatable bonds is 8. The van der Waals surface area contributed by atoms with Gasteiger partial charge in [-0.3, -0.25) is 4.79 Å². The van der Waals surface area contributed by atoms with Gasteiger partial charge in [0, 0.05) is 28.8 Å². The number of aliphatic hydroxyl groups is 2. The first-order chi connectivity index (χ1) is 26.3. The Balaban J connectivity index is 1.13. The maximum atomic E-state index is 14.8. The molecule has 0 aliphatic heterocycles. The Labute approximate surface area is 334 Å². The zero-order chi connectivity index (χ0) is 38.2. The standard InChI is InChI=1S/C46H55NO5S3/c1-30-7-5-16-44(2)39(37-14-12-31(22-36(48)13-11-30)23-38(37)43(49)41-24-35-8-3-4-9-40(35)54-41)15-17-46(44,50)29-47(55(51,52)42-10-6-18-53-42)28-45-25-32-19-33(26-45)21-34(20-32)27-45/h3-4,6-10,12,14,18,23-24,32-34,36,39,48,50H,5,11,13,15-17,19-22,25-29H2,1-2H3. The maximum absolute atomic E-state index is 14.8. The third kappa shape index (κ3) is 6.93. The van der Waals surface area contributed by atoms with Gasteiger partial charge in [-0.25, -0.2) is 8.42 Å². The molecule has 4 atom stereocenters. The number of carbonyl (C=O) groups is 1. The van der Waals surface area contributed by atoms with Gasteiger partial charge in [0.05, 0.1) is 16.6 Å². The summed E-state index contributed by atoms with van der Waals surface area (Å²) in [5, 5.41) is 27.3. The molecule has 5 fully saturated rings. The van der Waals surface area contributed by atoms with E-state index in [0.717, 1.165) is 53.3 Å². The van der Waals surface area contributed by atoms with Crippen molar-refractivity contribution in [1.29, 1.82) is 0 Å². The molecule has 2 aromatic carbocycles. The Hall–Kier alpha value is -2.66. The lowest BCUT2D eigenvalue weighted by atomic mass is 9.49. The van der Waals surface area contributed by atoms with Gasteiger partial charge < -0.3 is 10.2 Å².